The van der Waals surface area contributed by atoms with E-state index in [1.807, 2.05) is 6.92 Å². The Balaban J connectivity index is 1.70. The van der Waals surface area contributed by atoms with Crippen molar-refractivity contribution in [3.8, 4) is 0 Å². The predicted octanol–water partition coefficient (Wildman–Crippen LogP) is 7.63. The van der Waals surface area contributed by atoms with Crippen molar-refractivity contribution >= 4 is 33.4 Å². The van der Waals surface area contributed by atoms with Crippen LogP contribution in [0.25, 0.3) is 0 Å². The number of carbonyl (C=O) groups excluding carboxylic acids is 2. The lowest BCUT2D eigenvalue weighted by Gasteiger charge is -2.40. The second kappa shape index (κ2) is 35.5. The molecule has 1 fully saturated rings. The molecule has 13 atom stereocenters. The maximum Gasteiger partial charge on any atom is 0.481 e. The molecule has 0 radical (unpaired) electrons. The third-order valence-electron chi connectivity index (χ3n) is 13.7. The van der Waals surface area contributed by atoms with Crippen LogP contribution in [0.15, 0.2) is 41.4 Å². The SMILES string of the molecule is CCCCC[C@@H](O)C=C[C@@H]1[C@H](O)[C@H](O)[C@H]2COP(=O)(O)OP(=O)(O)OC[C@@H](COC(=O)CCCCCCCCCCCCCCCCC(C)CC)OC(=O)C/C=C\C[C@@H]([C@H](n3ccc(N)nc3=O)O2)[C@@H](O)C[C@H]1O. The molecule has 3 unspecified atom stereocenters. The van der Waals surface area contributed by atoms with Crippen LogP contribution in [0.4, 0.5) is 5.82 Å². The van der Waals surface area contributed by atoms with E-state index in [-0.39, 0.29) is 18.7 Å². The molecule has 74 heavy (non-hydrogen) atoms. The van der Waals surface area contributed by atoms with Gasteiger partial charge in [-0.15, -0.1) is 0 Å². The molecular weight excluding hydrogens is 1000 g/mol. The number of unbranched alkanes of at least 4 members (excludes halogenated alkanes) is 15. The van der Waals surface area contributed by atoms with Crippen molar-refractivity contribution in [1.29, 1.82) is 0 Å². The molecule has 0 aromatic carbocycles. The zero-order chi connectivity index (χ0) is 54.5. The number of allylic oxidation sites excluding steroid dienone is 1. The average molecular weight is 1090 g/mol. The smallest absolute Gasteiger partial charge is 0.462 e. The van der Waals surface area contributed by atoms with Gasteiger partial charge < -0.3 is 55.3 Å². The quantitative estimate of drug-likeness (QED) is 0.0182. The number of hydrogen-bond acceptors (Lipinski definition) is 18. The molecule has 0 aliphatic carbocycles. The molecule has 0 saturated carbocycles. The van der Waals surface area contributed by atoms with Crippen LogP contribution < -0.4 is 11.4 Å². The first-order chi connectivity index (χ1) is 35.3. The van der Waals surface area contributed by atoms with E-state index in [1.165, 1.54) is 101 Å². The second-order valence-electron chi connectivity index (χ2n) is 20.0. The van der Waals surface area contributed by atoms with Gasteiger partial charge in [0, 0.05) is 30.9 Å². The van der Waals surface area contributed by atoms with E-state index in [0.717, 1.165) is 55.2 Å². The van der Waals surface area contributed by atoms with Crippen LogP contribution in [0.1, 0.15) is 181 Å². The summed E-state index contributed by atoms with van der Waals surface area (Å²) >= 11 is 0. The Morgan fingerprint density at radius 3 is 2.04 bits per heavy atom. The van der Waals surface area contributed by atoms with Crippen molar-refractivity contribution in [2.45, 2.75) is 224 Å². The summed E-state index contributed by atoms with van der Waals surface area (Å²) in [5.74, 6) is -3.57. The van der Waals surface area contributed by atoms with Crippen LogP contribution in [0.2, 0.25) is 0 Å². The Morgan fingerprint density at radius 2 is 1.43 bits per heavy atom. The monoisotopic (exact) mass is 1090 g/mol. The molecule has 2 bridgehead atoms. The standard InChI is InChI=1S/C51H89N3O18P2/c1-4-6-19-25-38(55)29-30-40-42(56)33-43(57)41-26-22-23-28-47(59)70-39(34-67-46(58)27-21-18-16-14-12-10-8-7-9-11-13-15-17-20-24-37(3)5-2)35-68-73(63,64)72-74(65,66)69-36-44(49(61)48(40)60)71-50(41)54-32-31-45(52)53-51(54)62/h22-23,29-32,37-44,48-50,55-57,60-61H,4-21,24-28,33-36H2,1-3H3,(H,63,64)(H,65,66)(H2,52,53,62)/b23-22-,30-29?/t37?,38-,39-,40+,41-,42-,43+,44-,48+,49-,50-/m1/s1. The number of esters is 2. The molecule has 3 heterocycles. The molecule has 3 rings (SSSR count). The number of phosphoric acid groups is 2. The van der Waals surface area contributed by atoms with Gasteiger partial charge in [-0.05, 0) is 31.2 Å². The van der Waals surface area contributed by atoms with Gasteiger partial charge in [0.1, 0.15) is 30.9 Å². The molecule has 0 amide bonds. The summed E-state index contributed by atoms with van der Waals surface area (Å²) in [7, 11) is -11.3. The first-order valence-corrected chi connectivity index (χ1v) is 30.0. The highest BCUT2D eigenvalue weighted by atomic mass is 31.3. The summed E-state index contributed by atoms with van der Waals surface area (Å²) in [5.41, 5.74) is 4.74. The summed E-state index contributed by atoms with van der Waals surface area (Å²) in [6.45, 7) is 3.81. The molecule has 23 heteroatoms. The van der Waals surface area contributed by atoms with Crippen LogP contribution in [0.5, 0.6) is 0 Å². The summed E-state index contributed by atoms with van der Waals surface area (Å²) in [4.78, 5) is 64.2. The lowest BCUT2D eigenvalue weighted by Crippen LogP contribution is -2.52. The molecule has 1 saturated heterocycles. The van der Waals surface area contributed by atoms with Crippen LogP contribution >= 0.6 is 15.6 Å². The topological polar surface area (TPSA) is 326 Å². The Morgan fingerprint density at radius 1 is 0.838 bits per heavy atom. The molecule has 9 N–H and O–H groups in total. The van der Waals surface area contributed by atoms with Gasteiger partial charge in [-0.25, -0.2) is 13.9 Å². The van der Waals surface area contributed by atoms with E-state index in [0.29, 0.717) is 19.3 Å². The fraction of sp³-hybridized carbons (Fsp3) is 0.804. The molecular formula is C51H89N3O18P2. The Kier molecular flexibility index (Phi) is 31.4. The predicted molar refractivity (Wildman–Crippen MR) is 277 cm³/mol. The van der Waals surface area contributed by atoms with E-state index in [1.54, 1.807) is 0 Å². The normalized spacial score (nSPS) is 30.2. The molecule has 1 aromatic rings. The number of carbonyl (C=O) groups is 2. The number of hydrogen-bond donors (Lipinski definition) is 8. The van der Waals surface area contributed by atoms with E-state index in [4.69, 9.17) is 29.0 Å². The highest BCUT2D eigenvalue weighted by molar-refractivity contribution is 7.61. The number of nitrogens with zero attached hydrogens (tertiary/aromatic N) is 2. The lowest BCUT2D eigenvalue weighted by atomic mass is 9.82. The zero-order valence-corrected chi connectivity index (χ0v) is 45.7. The minimum Gasteiger partial charge on any atom is -0.462 e. The number of nitrogens with two attached hydrogens (primary N) is 1. The van der Waals surface area contributed by atoms with Gasteiger partial charge in [0.15, 0.2) is 6.10 Å². The summed E-state index contributed by atoms with van der Waals surface area (Å²) in [6.07, 6.45) is 13.4. The molecule has 2 aliphatic rings. The van der Waals surface area contributed by atoms with Crippen molar-refractivity contribution in [2.24, 2.45) is 17.8 Å². The number of nitrogen functional groups attached to an aromatic ring is 1. The van der Waals surface area contributed by atoms with Gasteiger partial charge >= 0.3 is 33.3 Å². The number of fused-ring (bicyclic) bond motifs is 3. The summed E-state index contributed by atoms with van der Waals surface area (Å²) in [5, 5.41) is 57.3. The molecule has 2 aliphatic heterocycles. The number of cyclic esters (lactones) is 1. The van der Waals surface area contributed by atoms with Gasteiger partial charge in [-0.1, -0.05) is 161 Å². The number of rotatable bonds is 27. The summed E-state index contributed by atoms with van der Waals surface area (Å²) in [6, 6.07) is 1.22. The maximum absolute atomic E-state index is 13.3. The number of aliphatic hydroxyl groups excluding tert-OH is 5. The third-order valence-corrected chi connectivity index (χ3v) is 16.3. The van der Waals surface area contributed by atoms with Crippen molar-refractivity contribution in [3.63, 3.8) is 0 Å². The van der Waals surface area contributed by atoms with Gasteiger partial charge in [0.05, 0.1) is 44.1 Å². The number of anilines is 1. The van der Waals surface area contributed by atoms with Crippen molar-refractivity contribution < 1.29 is 81.6 Å². The lowest BCUT2D eigenvalue weighted by molar-refractivity contribution is -0.194. The third kappa shape index (κ3) is 26.0. The van der Waals surface area contributed by atoms with E-state index in [9.17, 15) is 58.8 Å². The Hall–Kier alpha value is -2.88. The first kappa shape index (κ1) is 65.4. The van der Waals surface area contributed by atoms with Gasteiger partial charge in [-0.3, -0.25) is 23.2 Å². The fourth-order valence-electron chi connectivity index (χ4n) is 8.96. The molecule has 426 valence electrons. The zero-order valence-electron chi connectivity index (χ0n) is 43.9. The molecule has 21 nitrogen and oxygen atoms in total. The van der Waals surface area contributed by atoms with Gasteiger partial charge in [0.2, 0.25) is 0 Å². The number of aromatic nitrogens is 2. The second-order valence-corrected chi connectivity index (χ2v) is 23.0. The van der Waals surface area contributed by atoms with E-state index in [2.05, 4.69) is 23.1 Å². The highest BCUT2D eigenvalue weighted by Crippen LogP contribution is 2.60. The number of phosphoric ester groups is 2. The van der Waals surface area contributed by atoms with Crippen LogP contribution in [-0.4, -0.2) is 119 Å². The first-order valence-electron chi connectivity index (χ1n) is 27.0. The molecule has 0 spiro atoms. The van der Waals surface area contributed by atoms with Crippen LogP contribution in [-0.2, 0) is 46.3 Å². The average Bonchev–Trinajstić information content (AvgIpc) is 3.34. The Bertz CT molecular complexity index is 1980. The van der Waals surface area contributed by atoms with Crippen LogP contribution in [0, 0.1) is 17.8 Å². The maximum atomic E-state index is 13.3. The van der Waals surface area contributed by atoms with E-state index >= 15 is 0 Å². The van der Waals surface area contributed by atoms with Gasteiger partial charge in [-0.2, -0.15) is 9.29 Å². The van der Waals surface area contributed by atoms with Crippen molar-refractivity contribution in [3.05, 3.63) is 47.1 Å². The fourth-order valence-corrected chi connectivity index (χ4v) is 11.1. The molecule has 1 aromatic heterocycles. The Labute approximate surface area is 437 Å². The highest BCUT2D eigenvalue weighted by Gasteiger charge is 2.45. The number of aliphatic hydroxyl groups is 5. The van der Waals surface area contributed by atoms with Crippen molar-refractivity contribution in [1.82, 2.24) is 9.55 Å². The van der Waals surface area contributed by atoms with E-state index < -0.39 is 127 Å². The summed E-state index contributed by atoms with van der Waals surface area (Å²) < 4.78 is 58.7. The number of ether oxygens (including phenoxy) is 3. The largest absolute Gasteiger partial charge is 0.481 e. The minimum atomic E-state index is -5.69. The van der Waals surface area contributed by atoms with Crippen molar-refractivity contribution in [2.75, 3.05) is 25.6 Å². The van der Waals surface area contributed by atoms with Crippen LogP contribution in [0.3, 0.4) is 0 Å². The minimum absolute atomic E-state index is 0.0637. The van der Waals surface area contributed by atoms with Gasteiger partial charge in [0.25, 0.3) is 0 Å².